The molecule has 6 rings (SSSR count). The molecule has 0 saturated carbocycles. The molecule has 0 aliphatic carbocycles. The van der Waals surface area contributed by atoms with Gasteiger partial charge in [-0.3, -0.25) is 4.79 Å². The summed E-state index contributed by atoms with van der Waals surface area (Å²) in [4.78, 5) is 19.6. The van der Waals surface area contributed by atoms with Gasteiger partial charge in [0.1, 0.15) is 5.69 Å². The predicted octanol–water partition coefficient (Wildman–Crippen LogP) is 5.20. The van der Waals surface area contributed by atoms with E-state index in [4.69, 9.17) is 4.42 Å². The Hall–Kier alpha value is -4.12. The maximum atomic E-state index is 14.3. The molecule has 2 unspecified atom stereocenters. The summed E-state index contributed by atoms with van der Waals surface area (Å²) < 4.78 is 49.2. The highest BCUT2D eigenvalue weighted by Crippen LogP contribution is 2.38. The molecule has 11 heteroatoms. The van der Waals surface area contributed by atoms with Crippen LogP contribution in [-0.4, -0.2) is 45.1 Å². The van der Waals surface area contributed by atoms with E-state index < -0.39 is 23.4 Å². The molecule has 2 aliphatic rings. The van der Waals surface area contributed by atoms with Crippen molar-refractivity contribution < 1.29 is 22.7 Å². The summed E-state index contributed by atoms with van der Waals surface area (Å²) >= 11 is 0. The van der Waals surface area contributed by atoms with Crippen LogP contribution in [0.25, 0.3) is 28.3 Å². The number of alkyl halides is 3. The molecule has 2 aromatic heterocycles. The average molecular weight is 552 g/mol. The summed E-state index contributed by atoms with van der Waals surface area (Å²) in [6.07, 6.45) is -0.569. The minimum atomic E-state index is -4.72. The van der Waals surface area contributed by atoms with Crippen molar-refractivity contribution in [2.45, 2.75) is 51.4 Å². The van der Waals surface area contributed by atoms with E-state index in [9.17, 15) is 23.1 Å². The first-order valence-corrected chi connectivity index (χ1v) is 13.2. The number of benzene rings is 2. The first-order valence-electron chi connectivity index (χ1n) is 13.2. The summed E-state index contributed by atoms with van der Waals surface area (Å²) in [7, 11) is 0. The molecule has 8 nitrogen and oxygen atoms in total. The van der Waals surface area contributed by atoms with Gasteiger partial charge in [-0.1, -0.05) is 0 Å². The number of anilines is 2. The third kappa shape index (κ3) is 4.74. The quantitative estimate of drug-likeness (QED) is 0.360. The Morgan fingerprint density at radius 3 is 2.62 bits per heavy atom. The molecule has 2 atom stereocenters. The van der Waals surface area contributed by atoms with Crippen LogP contribution in [0.4, 0.5) is 24.5 Å². The first kappa shape index (κ1) is 26.1. The minimum Gasteiger partial charge on any atom is -0.444 e. The highest BCUT2D eigenvalue weighted by Gasteiger charge is 2.36. The van der Waals surface area contributed by atoms with E-state index in [1.54, 1.807) is 6.20 Å². The Morgan fingerprint density at radius 1 is 1.12 bits per heavy atom. The van der Waals surface area contributed by atoms with E-state index in [0.29, 0.717) is 54.2 Å². The van der Waals surface area contributed by atoms with Gasteiger partial charge >= 0.3 is 6.18 Å². The normalized spacial score (nSPS) is 19.0. The lowest BCUT2D eigenvalue weighted by Gasteiger charge is -2.27. The summed E-state index contributed by atoms with van der Waals surface area (Å²) in [6.45, 7) is 4.63. The van der Waals surface area contributed by atoms with Gasteiger partial charge < -0.3 is 19.7 Å². The summed E-state index contributed by atoms with van der Waals surface area (Å²) in [5.41, 5.74) is 2.14. The van der Waals surface area contributed by atoms with E-state index in [1.165, 1.54) is 18.5 Å². The Labute approximate surface area is 228 Å². The molecule has 1 fully saturated rings. The number of halogens is 3. The maximum absolute atomic E-state index is 14.3. The van der Waals surface area contributed by atoms with Gasteiger partial charge in [-0.25, -0.2) is 4.98 Å². The monoisotopic (exact) mass is 551 g/mol. The molecule has 40 heavy (non-hydrogen) atoms. The van der Waals surface area contributed by atoms with Crippen LogP contribution < -0.4 is 15.8 Å². The molecule has 2 aromatic carbocycles. The number of nitrogens with one attached hydrogen (secondary N) is 1. The van der Waals surface area contributed by atoms with E-state index in [1.807, 2.05) is 36.9 Å². The molecule has 0 radical (unpaired) electrons. The Balaban J connectivity index is 1.60. The zero-order valence-corrected chi connectivity index (χ0v) is 22.0. The fraction of sp³-hybridized carbons (Fsp3) is 0.345. The average Bonchev–Trinajstić information content (AvgIpc) is 3.60. The topological polar surface area (TPSA) is 96.4 Å². The lowest BCUT2D eigenvalue weighted by atomic mass is 9.93. The second kappa shape index (κ2) is 9.81. The third-order valence-corrected chi connectivity index (χ3v) is 7.52. The third-order valence-electron chi connectivity index (χ3n) is 7.52. The van der Waals surface area contributed by atoms with Gasteiger partial charge in [-0.05, 0) is 75.1 Å². The number of fused-ring (bicyclic) bond motifs is 1. The summed E-state index contributed by atoms with van der Waals surface area (Å²) in [5.74, 6) is 0.541. The molecule has 4 heterocycles. The lowest BCUT2D eigenvalue weighted by Crippen LogP contribution is -2.34. The number of hydrogen-bond acceptors (Lipinski definition) is 7. The number of hydrogen-bond donors (Lipinski definition) is 2. The van der Waals surface area contributed by atoms with Gasteiger partial charge in [0, 0.05) is 41.5 Å². The van der Waals surface area contributed by atoms with Crippen LogP contribution in [0.15, 0.2) is 58.2 Å². The van der Waals surface area contributed by atoms with Crippen molar-refractivity contribution in [3.8, 4) is 28.3 Å². The van der Waals surface area contributed by atoms with Gasteiger partial charge in [-0.2, -0.15) is 23.0 Å². The van der Waals surface area contributed by atoms with E-state index in [0.717, 1.165) is 28.3 Å². The highest BCUT2D eigenvalue weighted by atomic mass is 19.4. The second-order valence-electron chi connectivity index (χ2n) is 10.5. The standard InChI is InChI=1S/C29H28F3N5O3/c1-16-9-18(25-13-33-15-40-25)11-19(10-16)26-22-5-3-17(2)34-27(22)28(39)37(35-26)24-12-20(36-8-7-21(38)14-36)4-6-23(24)29(30,31)32/h4,6,9-13,15,17,21,34,38H,3,5,7-8,14H2,1-2H3. The van der Waals surface area contributed by atoms with Crippen LogP contribution in [0.5, 0.6) is 0 Å². The second-order valence-corrected chi connectivity index (χ2v) is 10.5. The number of aryl methyl sites for hydroxylation is 1. The number of aromatic nitrogens is 3. The van der Waals surface area contributed by atoms with Gasteiger partial charge in [0.05, 0.1) is 29.2 Å². The van der Waals surface area contributed by atoms with Crippen molar-refractivity contribution in [3.05, 3.63) is 76.0 Å². The summed E-state index contributed by atoms with van der Waals surface area (Å²) in [5, 5.41) is 17.8. The SMILES string of the molecule is Cc1cc(-c2cnco2)cc(-c2nn(-c3cc(N4CCC(O)C4)ccc3C(F)(F)F)c(=O)c3c2CCC(C)N3)c1. The fourth-order valence-electron chi connectivity index (χ4n) is 5.55. The highest BCUT2D eigenvalue weighted by molar-refractivity contribution is 5.76. The van der Waals surface area contributed by atoms with E-state index in [2.05, 4.69) is 15.4 Å². The van der Waals surface area contributed by atoms with Crippen molar-refractivity contribution in [1.29, 1.82) is 0 Å². The summed E-state index contributed by atoms with van der Waals surface area (Å²) in [6, 6.07) is 9.31. The molecule has 4 aromatic rings. The lowest BCUT2D eigenvalue weighted by molar-refractivity contribution is -0.137. The van der Waals surface area contributed by atoms with Crippen LogP contribution in [0.2, 0.25) is 0 Å². The Bertz CT molecular complexity index is 1630. The smallest absolute Gasteiger partial charge is 0.418 e. The fourth-order valence-corrected chi connectivity index (χ4v) is 5.55. The molecule has 0 bridgehead atoms. The van der Waals surface area contributed by atoms with Crippen molar-refractivity contribution in [3.63, 3.8) is 0 Å². The van der Waals surface area contributed by atoms with Crippen LogP contribution in [0, 0.1) is 6.92 Å². The molecule has 0 spiro atoms. The van der Waals surface area contributed by atoms with E-state index >= 15 is 0 Å². The molecule has 0 amide bonds. The minimum absolute atomic E-state index is 0.0364. The van der Waals surface area contributed by atoms with Crippen molar-refractivity contribution in [1.82, 2.24) is 14.8 Å². The van der Waals surface area contributed by atoms with Crippen LogP contribution in [0.3, 0.4) is 0 Å². The molecule has 208 valence electrons. The molecular weight excluding hydrogens is 523 g/mol. The maximum Gasteiger partial charge on any atom is 0.418 e. The zero-order chi connectivity index (χ0) is 28.2. The Kier molecular flexibility index (Phi) is 6.41. The van der Waals surface area contributed by atoms with Crippen LogP contribution in [0.1, 0.15) is 36.5 Å². The van der Waals surface area contributed by atoms with Gasteiger partial charge in [0.25, 0.3) is 5.56 Å². The zero-order valence-electron chi connectivity index (χ0n) is 22.0. The van der Waals surface area contributed by atoms with Gasteiger partial charge in [-0.15, -0.1) is 0 Å². The molecule has 1 saturated heterocycles. The number of aliphatic hydroxyl groups is 1. The Morgan fingerprint density at radius 2 is 1.93 bits per heavy atom. The van der Waals surface area contributed by atoms with Crippen molar-refractivity contribution in [2.24, 2.45) is 0 Å². The van der Waals surface area contributed by atoms with Crippen LogP contribution >= 0.6 is 0 Å². The number of nitrogens with zero attached hydrogens (tertiary/aromatic N) is 4. The van der Waals surface area contributed by atoms with Crippen molar-refractivity contribution >= 4 is 11.4 Å². The van der Waals surface area contributed by atoms with Gasteiger partial charge in [0.15, 0.2) is 12.2 Å². The molecule has 2 aliphatic heterocycles. The molecule has 2 N–H and O–H groups in total. The number of β-amino-alcohol motifs (C(OH)–C–C–N with tert-alkyl or cyclic N) is 1. The predicted molar refractivity (Wildman–Crippen MR) is 145 cm³/mol. The van der Waals surface area contributed by atoms with Crippen LogP contribution in [-0.2, 0) is 12.6 Å². The first-order chi connectivity index (χ1) is 19.1. The number of oxazole rings is 1. The molecular formula is C29H28F3N5O3. The van der Waals surface area contributed by atoms with Crippen molar-refractivity contribution in [2.75, 3.05) is 23.3 Å². The van der Waals surface area contributed by atoms with E-state index in [-0.39, 0.29) is 17.4 Å². The largest absolute Gasteiger partial charge is 0.444 e. The van der Waals surface area contributed by atoms with Gasteiger partial charge in [0.2, 0.25) is 0 Å². The number of aliphatic hydroxyl groups excluding tert-OH is 1. The number of rotatable bonds is 4.